The van der Waals surface area contributed by atoms with E-state index in [1.807, 2.05) is 48.5 Å². The van der Waals surface area contributed by atoms with Crippen molar-refractivity contribution in [1.82, 2.24) is 15.1 Å². The van der Waals surface area contributed by atoms with Crippen molar-refractivity contribution in [3.63, 3.8) is 0 Å². The largest absolute Gasteiger partial charge is 0.491 e. The predicted molar refractivity (Wildman–Crippen MR) is 114 cm³/mol. The van der Waals surface area contributed by atoms with Gasteiger partial charge in [0.1, 0.15) is 18.5 Å². The van der Waals surface area contributed by atoms with Gasteiger partial charge in [-0.1, -0.05) is 41.9 Å². The molecule has 5 nitrogen and oxygen atoms in total. The number of hydrogen-bond donors (Lipinski definition) is 2. The number of aliphatic hydroxyl groups is 1. The highest BCUT2D eigenvalue weighted by Gasteiger charge is 2.17. The Hall–Kier alpha value is -1.63. The van der Waals surface area contributed by atoms with Crippen molar-refractivity contribution in [3.8, 4) is 5.75 Å². The second kappa shape index (κ2) is 10.8. The lowest BCUT2D eigenvalue weighted by Crippen LogP contribution is -2.47. The number of halogens is 1. The van der Waals surface area contributed by atoms with Gasteiger partial charge in [0.05, 0.1) is 0 Å². The molecule has 3 rings (SSSR count). The van der Waals surface area contributed by atoms with Gasteiger partial charge in [0.25, 0.3) is 0 Å². The van der Waals surface area contributed by atoms with Crippen LogP contribution in [0.25, 0.3) is 0 Å². The second-order valence-corrected chi connectivity index (χ2v) is 7.81. The molecule has 0 radical (unpaired) electrons. The second-order valence-electron chi connectivity index (χ2n) is 7.41. The molecule has 0 aromatic heterocycles. The third kappa shape index (κ3) is 6.76. The topological polar surface area (TPSA) is 48.0 Å². The van der Waals surface area contributed by atoms with E-state index in [1.54, 1.807) is 0 Å². The summed E-state index contributed by atoms with van der Waals surface area (Å²) in [5.74, 6) is 0.785. The highest BCUT2D eigenvalue weighted by molar-refractivity contribution is 6.31. The first-order valence-electron chi connectivity index (χ1n) is 9.85. The molecule has 1 aliphatic rings. The van der Waals surface area contributed by atoms with Crippen LogP contribution < -0.4 is 10.1 Å². The Labute approximate surface area is 172 Å². The van der Waals surface area contributed by atoms with Crippen molar-refractivity contribution < 1.29 is 9.84 Å². The highest BCUT2D eigenvalue weighted by atomic mass is 35.5. The highest BCUT2D eigenvalue weighted by Crippen LogP contribution is 2.16. The average Bonchev–Trinajstić information content (AvgIpc) is 2.71. The van der Waals surface area contributed by atoms with Gasteiger partial charge in [0.15, 0.2) is 0 Å². The minimum Gasteiger partial charge on any atom is -0.491 e. The van der Waals surface area contributed by atoms with E-state index in [2.05, 4.69) is 22.2 Å². The van der Waals surface area contributed by atoms with E-state index in [9.17, 15) is 5.11 Å². The molecule has 1 fully saturated rings. The number of aliphatic hydroxyl groups excluding tert-OH is 1. The summed E-state index contributed by atoms with van der Waals surface area (Å²) in [5, 5.41) is 14.4. The Morgan fingerprint density at radius 3 is 2.46 bits per heavy atom. The summed E-state index contributed by atoms with van der Waals surface area (Å²) >= 11 is 6.17. The van der Waals surface area contributed by atoms with Gasteiger partial charge in [-0.2, -0.15) is 0 Å². The van der Waals surface area contributed by atoms with E-state index in [1.165, 1.54) is 5.56 Å². The van der Waals surface area contributed by atoms with Crippen LogP contribution in [-0.4, -0.2) is 67.4 Å². The molecule has 0 unspecified atom stereocenters. The number of ether oxygens (including phenoxy) is 1. The van der Waals surface area contributed by atoms with Crippen LogP contribution in [0.1, 0.15) is 11.1 Å². The van der Waals surface area contributed by atoms with Gasteiger partial charge in [-0.15, -0.1) is 0 Å². The smallest absolute Gasteiger partial charge is 0.119 e. The molecule has 0 aliphatic carbocycles. The number of β-amino-alcohol motifs (C(OH)–C–C–N with tert-alkyl or cyclic N) is 1. The molecule has 0 spiro atoms. The Kier molecular flexibility index (Phi) is 8.13. The minimum atomic E-state index is -0.472. The molecule has 0 bridgehead atoms. The molecule has 0 saturated carbocycles. The number of nitrogens with one attached hydrogen (secondary N) is 1. The third-order valence-electron chi connectivity index (χ3n) is 5.03. The fourth-order valence-electron chi connectivity index (χ4n) is 3.26. The van der Waals surface area contributed by atoms with Crippen LogP contribution in [0, 0.1) is 0 Å². The van der Waals surface area contributed by atoms with E-state index in [0.29, 0.717) is 13.2 Å². The molecule has 152 valence electrons. The van der Waals surface area contributed by atoms with Crippen molar-refractivity contribution in [2.24, 2.45) is 0 Å². The fourth-order valence-corrected chi connectivity index (χ4v) is 3.46. The standard InChI is InChI=1S/C22H30ClN3O2/c1-25-10-12-26(13-11-25)16-20(27)17-28-21-8-6-18(7-9-21)14-24-15-19-4-2-3-5-22(19)23/h2-9,20,24,27H,10-17H2,1H3/t20-/m0/s1. The van der Waals surface area contributed by atoms with Gasteiger partial charge in [0.2, 0.25) is 0 Å². The van der Waals surface area contributed by atoms with Gasteiger partial charge in [-0.25, -0.2) is 0 Å². The zero-order valence-electron chi connectivity index (χ0n) is 16.5. The van der Waals surface area contributed by atoms with Crippen LogP contribution >= 0.6 is 11.6 Å². The predicted octanol–water partition coefficient (Wildman–Crippen LogP) is 2.62. The maximum Gasteiger partial charge on any atom is 0.119 e. The molecule has 1 atom stereocenters. The van der Waals surface area contributed by atoms with Gasteiger partial charge < -0.3 is 20.1 Å². The van der Waals surface area contributed by atoms with E-state index in [4.69, 9.17) is 16.3 Å². The summed E-state index contributed by atoms with van der Waals surface area (Å²) in [6.07, 6.45) is -0.472. The maximum atomic E-state index is 10.2. The summed E-state index contributed by atoms with van der Waals surface area (Å²) in [6.45, 7) is 6.59. The molecule has 6 heteroatoms. The number of hydrogen-bond acceptors (Lipinski definition) is 5. The first-order chi connectivity index (χ1) is 13.6. The molecule has 28 heavy (non-hydrogen) atoms. The zero-order chi connectivity index (χ0) is 19.8. The third-order valence-corrected chi connectivity index (χ3v) is 5.40. The Bertz CT molecular complexity index is 718. The molecule has 2 N–H and O–H groups in total. The quantitative estimate of drug-likeness (QED) is 0.674. The van der Waals surface area contributed by atoms with E-state index >= 15 is 0 Å². The van der Waals surface area contributed by atoms with Crippen LogP contribution in [0.5, 0.6) is 5.75 Å². The maximum absolute atomic E-state index is 10.2. The Morgan fingerprint density at radius 1 is 1.04 bits per heavy atom. The minimum absolute atomic E-state index is 0.316. The normalized spacial score (nSPS) is 16.8. The van der Waals surface area contributed by atoms with Gasteiger partial charge in [0, 0.05) is 50.8 Å². The number of piperazine rings is 1. The lowest BCUT2D eigenvalue weighted by molar-refractivity contribution is 0.0505. The van der Waals surface area contributed by atoms with Crippen LogP contribution in [0.2, 0.25) is 5.02 Å². The van der Waals surface area contributed by atoms with Crippen molar-refractivity contribution in [2.75, 3.05) is 46.4 Å². The molecule has 0 amide bonds. The number of likely N-dealkylation sites (N-methyl/N-ethyl adjacent to an activating group) is 1. The fraction of sp³-hybridized carbons (Fsp3) is 0.455. The lowest BCUT2D eigenvalue weighted by atomic mass is 10.2. The molecule has 1 saturated heterocycles. The summed E-state index contributed by atoms with van der Waals surface area (Å²) in [5.41, 5.74) is 2.27. The SMILES string of the molecule is CN1CCN(C[C@H](O)COc2ccc(CNCc3ccccc3Cl)cc2)CC1. The van der Waals surface area contributed by atoms with E-state index in [-0.39, 0.29) is 0 Å². The molecule has 1 heterocycles. The van der Waals surface area contributed by atoms with Gasteiger partial charge in [-0.3, -0.25) is 4.90 Å². The number of rotatable bonds is 9. The summed E-state index contributed by atoms with van der Waals surface area (Å²) in [4.78, 5) is 4.60. The Balaban J connectivity index is 1.36. The molecular formula is C22H30ClN3O2. The van der Waals surface area contributed by atoms with E-state index < -0.39 is 6.10 Å². The van der Waals surface area contributed by atoms with Crippen LogP contribution in [0.4, 0.5) is 0 Å². The summed E-state index contributed by atoms with van der Waals surface area (Å²) < 4.78 is 5.75. The Morgan fingerprint density at radius 2 is 1.75 bits per heavy atom. The number of benzene rings is 2. The van der Waals surface area contributed by atoms with E-state index in [0.717, 1.165) is 55.6 Å². The van der Waals surface area contributed by atoms with Gasteiger partial charge in [-0.05, 0) is 36.4 Å². The zero-order valence-corrected chi connectivity index (χ0v) is 17.2. The van der Waals surface area contributed by atoms with Crippen LogP contribution in [0.3, 0.4) is 0 Å². The molecule has 2 aromatic rings. The van der Waals surface area contributed by atoms with Crippen molar-refractivity contribution >= 4 is 11.6 Å². The van der Waals surface area contributed by atoms with Crippen LogP contribution in [0.15, 0.2) is 48.5 Å². The first-order valence-corrected chi connectivity index (χ1v) is 10.2. The molecular weight excluding hydrogens is 374 g/mol. The monoisotopic (exact) mass is 403 g/mol. The van der Waals surface area contributed by atoms with Crippen molar-refractivity contribution in [1.29, 1.82) is 0 Å². The summed E-state index contributed by atoms with van der Waals surface area (Å²) in [7, 11) is 2.13. The summed E-state index contributed by atoms with van der Waals surface area (Å²) in [6, 6.07) is 15.9. The van der Waals surface area contributed by atoms with Crippen LogP contribution in [-0.2, 0) is 13.1 Å². The first kappa shape index (κ1) is 21.1. The average molecular weight is 404 g/mol. The lowest BCUT2D eigenvalue weighted by Gasteiger charge is -2.33. The van der Waals surface area contributed by atoms with Crippen molar-refractivity contribution in [3.05, 3.63) is 64.7 Å². The number of nitrogens with zero attached hydrogens (tertiary/aromatic N) is 2. The molecule has 1 aliphatic heterocycles. The van der Waals surface area contributed by atoms with Crippen molar-refractivity contribution in [2.45, 2.75) is 19.2 Å². The molecule has 2 aromatic carbocycles. The van der Waals surface area contributed by atoms with Gasteiger partial charge >= 0.3 is 0 Å².